The third kappa shape index (κ3) is 3.95. The molecule has 0 fully saturated rings. The van der Waals surface area contributed by atoms with Gasteiger partial charge in [-0.25, -0.2) is 4.68 Å². The van der Waals surface area contributed by atoms with Crippen molar-refractivity contribution < 1.29 is 9.84 Å². The molecule has 0 saturated heterocycles. The molecule has 0 aliphatic rings. The summed E-state index contributed by atoms with van der Waals surface area (Å²) in [5.74, 6) is 0.768. The van der Waals surface area contributed by atoms with E-state index in [2.05, 4.69) is 5.10 Å². The lowest BCUT2D eigenvalue weighted by Gasteiger charge is -2.17. The van der Waals surface area contributed by atoms with E-state index < -0.39 is 6.10 Å². The number of benzene rings is 2. The predicted molar refractivity (Wildman–Crippen MR) is 117 cm³/mol. The van der Waals surface area contributed by atoms with Crippen LogP contribution in [-0.2, 0) is 6.54 Å². The van der Waals surface area contributed by atoms with Crippen molar-refractivity contribution in [3.8, 4) is 16.3 Å². The first-order chi connectivity index (χ1) is 14.0. The van der Waals surface area contributed by atoms with Crippen molar-refractivity contribution in [3.63, 3.8) is 0 Å². The van der Waals surface area contributed by atoms with Gasteiger partial charge in [0, 0.05) is 5.39 Å². The number of aliphatic hydroxyl groups is 1. The van der Waals surface area contributed by atoms with Gasteiger partial charge < -0.3 is 9.84 Å². The Balaban J connectivity index is 1.62. The minimum Gasteiger partial charge on any atom is -0.490 e. The minimum atomic E-state index is -0.864. The summed E-state index contributed by atoms with van der Waals surface area (Å²) in [6.07, 6.45) is -0.864. The highest BCUT2D eigenvalue weighted by molar-refractivity contribution is 7.13. The molecule has 0 aliphatic heterocycles. The summed E-state index contributed by atoms with van der Waals surface area (Å²) in [5, 5.41) is 18.5. The van der Waals surface area contributed by atoms with Gasteiger partial charge in [0.1, 0.15) is 24.2 Å². The van der Waals surface area contributed by atoms with Crippen molar-refractivity contribution in [2.24, 2.45) is 0 Å². The van der Waals surface area contributed by atoms with Crippen LogP contribution in [0, 0.1) is 13.8 Å². The number of thiophene rings is 1. The molecule has 2 heterocycles. The number of aryl methyl sites for hydroxylation is 2. The van der Waals surface area contributed by atoms with Crippen LogP contribution in [0.3, 0.4) is 0 Å². The zero-order valence-electron chi connectivity index (χ0n) is 16.3. The van der Waals surface area contributed by atoms with E-state index in [1.165, 1.54) is 4.68 Å². The number of fused-ring (bicyclic) bond motifs is 1. The Morgan fingerprint density at radius 2 is 1.76 bits per heavy atom. The first kappa shape index (κ1) is 19.4. The molecule has 6 heteroatoms. The summed E-state index contributed by atoms with van der Waals surface area (Å²) in [6, 6.07) is 17.3. The predicted octanol–water partition coefficient (Wildman–Crippen LogP) is 4.18. The first-order valence-electron chi connectivity index (χ1n) is 9.45. The SMILES string of the molecule is Cc1cccc(C)c1OCC(O)Cn1nc(-c2cccs2)c2ccccc2c1=O. The van der Waals surface area contributed by atoms with Crippen molar-refractivity contribution in [2.75, 3.05) is 6.61 Å². The third-order valence-corrected chi connectivity index (χ3v) is 5.71. The van der Waals surface area contributed by atoms with E-state index in [1.54, 1.807) is 17.4 Å². The van der Waals surface area contributed by atoms with E-state index in [-0.39, 0.29) is 18.7 Å². The van der Waals surface area contributed by atoms with Crippen LogP contribution in [0.2, 0.25) is 0 Å². The first-order valence-corrected chi connectivity index (χ1v) is 10.3. The number of rotatable bonds is 6. The Labute approximate surface area is 172 Å². The lowest BCUT2D eigenvalue weighted by molar-refractivity contribution is 0.0876. The Hall–Kier alpha value is -2.96. The van der Waals surface area contributed by atoms with Gasteiger partial charge in [-0.05, 0) is 42.5 Å². The molecule has 0 aliphatic carbocycles. The second-order valence-electron chi connectivity index (χ2n) is 7.04. The summed E-state index contributed by atoms with van der Waals surface area (Å²) >= 11 is 1.57. The third-order valence-electron chi connectivity index (χ3n) is 4.83. The van der Waals surface area contributed by atoms with E-state index in [0.717, 1.165) is 32.8 Å². The Kier molecular flexibility index (Phi) is 5.47. The number of aliphatic hydroxyl groups excluding tert-OH is 1. The number of hydrogen-bond acceptors (Lipinski definition) is 5. The van der Waals surface area contributed by atoms with Crippen molar-refractivity contribution in [2.45, 2.75) is 26.5 Å². The molecular formula is C23H22N2O3S. The Bertz CT molecular complexity index is 1180. The van der Waals surface area contributed by atoms with Crippen LogP contribution in [0.4, 0.5) is 0 Å². The van der Waals surface area contributed by atoms with Crippen LogP contribution in [0.1, 0.15) is 11.1 Å². The monoisotopic (exact) mass is 406 g/mol. The van der Waals surface area contributed by atoms with E-state index in [4.69, 9.17) is 4.74 Å². The molecule has 0 radical (unpaired) electrons. The number of para-hydroxylation sites is 1. The highest BCUT2D eigenvalue weighted by Gasteiger charge is 2.16. The smallest absolute Gasteiger partial charge is 0.274 e. The topological polar surface area (TPSA) is 64.3 Å². The zero-order valence-corrected chi connectivity index (χ0v) is 17.1. The Morgan fingerprint density at radius 1 is 1.03 bits per heavy atom. The highest BCUT2D eigenvalue weighted by Crippen LogP contribution is 2.28. The van der Waals surface area contributed by atoms with Crippen molar-refractivity contribution >= 4 is 22.1 Å². The van der Waals surface area contributed by atoms with Crippen LogP contribution < -0.4 is 10.3 Å². The fourth-order valence-electron chi connectivity index (χ4n) is 3.41. The standard InChI is InChI=1S/C23H22N2O3S/c1-15-7-5-8-16(2)22(15)28-14-17(26)13-25-23(27)19-10-4-3-9-18(19)21(24-25)20-11-6-12-29-20/h3-12,17,26H,13-14H2,1-2H3. The second-order valence-corrected chi connectivity index (χ2v) is 7.99. The van der Waals surface area contributed by atoms with E-state index in [9.17, 15) is 9.90 Å². The van der Waals surface area contributed by atoms with Gasteiger partial charge in [-0.15, -0.1) is 11.3 Å². The molecule has 5 nitrogen and oxygen atoms in total. The normalized spacial score (nSPS) is 12.2. The van der Waals surface area contributed by atoms with Gasteiger partial charge in [0.15, 0.2) is 0 Å². The maximum Gasteiger partial charge on any atom is 0.274 e. The summed E-state index contributed by atoms with van der Waals surface area (Å²) in [7, 11) is 0. The van der Waals surface area contributed by atoms with Gasteiger partial charge in [-0.3, -0.25) is 4.79 Å². The molecule has 1 unspecified atom stereocenters. The average molecular weight is 407 g/mol. The average Bonchev–Trinajstić information content (AvgIpc) is 3.24. The summed E-state index contributed by atoms with van der Waals surface area (Å²) in [4.78, 5) is 13.9. The number of hydrogen-bond donors (Lipinski definition) is 1. The van der Waals surface area contributed by atoms with Gasteiger partial charge in [0.05, 0.1) is 16.8 Å². The van der Waals surface area contributed by atoms with Gasteiger partial charge in [-0.2, -0.15) is 5.10 Å². The van der Waals surface area contributed by atoms with Gasteiger partial charge in [0.25, 0.3) is 5.56 Å². The largest absolute Gasteiger partial charge is 0.490 e. The molecule has 29 heavy (non-hydrogen) atoms. The molecule has 1 atom stereocenters. The highest BCUT2D eigenvalue weighted by atomic mass is 32.1. The molecule has 4 rings (SSSR count). The van der Waals surface area contributed by atoms with Crippen LogP contribution in [0.15, 0.2) is 64.8 Å². The second kappa shape index (κ2) is 8.19. The summed E-state index contributed by atoms with van der Waals surface area (Å²) in [5.41, 5.74) is 2.56. The lowest BCUT2D eigenvalue weighted by Crippen LogP contribution is -2.32. The molecule has 148 valence electrons. The fraction of sp³-hybridized carbons (Fsp3) is 0.217. The molecule has 0 spiro atoms. The van der Waals surface area contributed by atoms with Crippen molar-refractivity contribution in [3.05, 3.63) is 81.5 Å². The number of aromatic nitrogens is 2. The maximum atomic E-state index is 12.9. The summed E-state index contributed by atoms with van der Waals surface area (Å²) in [6.45, 7) is 4.09. The quantitative estimate of drug-likeness (QED) is 0.522. The lowest BCUT2D eigenvalue weighted by atomic mass is 10.1. The molecule has 0 saturated carbocycles. The van der Waals surface area contributed by atoms with E-state index in [1.807, 2.05) is 67.8 Å². The molecule has 0 bridgehead atoms. The molecule has 2 aromatic heterocycles. The van der Waals surface area contributed by atoms with Crippen LogP contribution in [0.25, 0.3) is 21.3 Å². The molecule has 2 aromatic carbocycles. The van der Waals surface area contributed by atoms with Crippen molar-refractivity contribution in [1.29, 1.82) is 0 Å². The zero-order chi connectivity index (χ0) is 20.4. The van der Waals surface area contributed by atoms with Crippen molar-refractivity contribution in [1.82, 2.24) is 9.78 Å². The van der Waals surface area contributed by atoms with Gasteiger partial charge in [0.2, 0.25) is 0 Å². The van der Waals surface area contributed by atoms with Gasteiger partial charge in [-0.1, -0.05) is 42.5 Å². The molecule has 4 aromatic rings. The van der Waals surface area contributed by atoms with Gasteiger partial charge >= 0.3 is 0 Å². The van der Waals surface area contributed by atoms with Crippen LogP contribution in [-0.4, -0.2) is 27.6 Å². The van der Waals surface area contributed by atoms with E-state index >= 15 is 0 Å². The van der Waals surface area contributed by atoms with Crippen LogP contribution in [0.5, 0.6) is 5.75 Å². The fourth-order valence-corrected chi connectivity index (χ4v) is 4.14. The van der Waals surface area contributed by atoms with Crippen LogP contribution >= 0.6 is 11.3 Å². The number of nitrogens with zero attached hydrogens (tertiary/aromatic N) is 2. The summed E-state index contributed by atoms with van der Waals surface area (Å²) < 4.78 is 7.18. The molecule has 0 amide bonds. The number of ether oxygens (including phenoxy) is 1. The Morgan fingerprint density at radius 3 is 2.45 bits per heavy atom. The maximum absolute atomic E-state index is 12.9. The minimum absolute atomic E-state index is 0.0625. The molecular weight excluding hydrogens is 384 g/mol. The molecule has 1 N–H and O–H groups in total. The van der Waals surface area contributed by atoms with E-state index in [0.29, 0.717) is 5.39 Å².